The van der Waals surface area contributed by atoms with Crippen LogP contribution in [0, 0.1) is 13.8 Å². The van der Waals surface area contributed by atoms with Crippen molar-refractivity contribution in [1.29, 1.82) is 0 Å². The Morgan fingerprint density at radius 2 is 2.20 bits per heavy atom. The molecule has 0 aliphatic rings. The van der Waals surface area contributed by atoms with Gasteiger partial charge < -0.3 is 15.7 Å². The van der Waals surface area contributed by atoms with E-state index in [9.17, 15) is 0 Å². The van der Waals surface area contributed by atoms with Crippen LogP contribution in [0.2, 0.25) is 0 Å². The topological polar surface area (TPSA) is 98.5 Å². The fourth-order valence-electron chi connectivity index (χ4n) is 1.99. The highest BCUT2D eigenvalue weighted by atomic mass is 16.5. The van der Waals surface area contributed by atoms with Gasteiger partial charge in [0.15, 0.2) is 5.84 Å². The molecule has 7 nitrogen and oxygen atoms in total. The molecule has 0 bridgehead atoms. The van der Waals surface area contributed by atoms with Crippen molar-refractivity contribution in [2.24, 2.45) is 10.9 Å². The molecule has 0 radical (unpaired) electrons. The lowest BCUT2D eigenvalue weighted by atomic mass is 10.1. The van der Waals surface area contributed by atoms with E-state index in [-0.39, 0.29) is 5.84 Å². The summed E-state index contributed by atoms with van der Waals surface area (Å²) in [6, 6.07) is 5.50. The number of ether oxygens (including phenoxy) is 1. The number of amidine groups is 1. The van der Waals surface area contributed by atoms with Crippen molar-refractivity contribution in [1.82, 2.24) is 14.8 Å². The van der Waals surface area contributed by atoms with Crippen LogP contribution in [-0.4, -0.2) is 32.9 Å². The predicted molar refractivity (Wildman–Crippen MR) is 74.1 cm³/mol. The molecular formula is C13H17N5O2. The molecule has 0 saturated heterocycles. The molecule has 2 rings (SSSR count). The van der Waals surface area contributed by atoms with E-state index in [0.717, 1.165) is 17.2 Å². The smallest absolute Gasteiger partial charge is 0.173 e. The van der Waals surface area contributed by atoms with Crippen molar-refractivity contribution in [2.45, 2.75) is 20.4 Å². The van der Waals surface area contributed by atoms with Crippen molar-refractivity contribution in [3.05, 3.63) is 41.0 Å². The van der Waals surface area contributed by atoms with E-state index < -0.39 is 0 Å². The number of rotatable bonds is 4. The number of aromatic nitrogens is 3. The van der Waals surface area contributed by atoms with Gasteiger partial charge in [0.1, 0.15) is 17.4 Å². The summed E-state index contributed by atoms with van der Waals surface area (Å²) in [4.78, 5) is 4.25. The first-order valence-corrected chi connectivity index (χ1v) is 6.08. The van der Waals surface area contributed by atoms with Crippen molar-refractivity contribution in [2.75, 3.05) is 7.11 Å². The van der Waals surface area contributed by atoms with Crippen LogP contribution in [0.1, 0.15) is 22.8 Å². The van der Waals surface area contributed by atoms with Crippen molar-refractivity contribution in [3.63, 3.8) is 0 Å². The van der Waals surface area contributed by atoms with Crippen LogP contribution in [0.3, 0.4) is 0 Å². The van der Waals surface area contributed by atoms with E-state index in [2.05, 4.69) is 15.2 Å². The SMILES string of the molecule is COc1ccc(Cn2nc(C)nc2C)cc1C(N)=NO. The van der Waals surface area contributed by atoms with E-state index in [1.165, 1.54) is 7.11 Å². The van der Waals surface area contributed by atoms with E-state index in [1.807, 2.05) is 26.0 Å². The maximum absolute atomic E-state index is 8.82. The molecular weight excluding hydrogens is 258 g/mol. The summed E-state index contributed by atoms with van der Waals surface area (Å²) in [5.74, 6) is 2.13. The molecule has 0 fully saturated rings. The molecule has 3 N–H and O–H groups in total. The molecule has 0 saturated carbocycles. The van der Waals surface area contributed by atoms with Gasteiger partial charge in [-0.2, -0.15) is 5.10 Å². The summed E-state index contributed by atoms with van der Waals surface area (Å²) < 4.78 is 6.99. The fraction of sp³-hybridized carbons (Fsp3) is 0.308. The molecule has 0 atom stereocenters. The molecule has 0 unspecified atom stereocenters. The second-order valence-corrected chi connectivity index (χ2v) is 4.38. The minimum Gasteiger partial charge on any atom is -0.496 e. The largest absolute Gasteiger partial charge is 0.496 e. The monoisotopic (exact) mass is 275 g/mol. The van der Waals surface area contributed by atoms with Gasteiger partial charge in [-0.15, -0.1) is 0 Å². The molecule has 0 spiro atoms. The van der Waals surface area contributed by atoms with Crippen LogP contribution in [0.4, 0.5) is 0 Å². The summed E-state index contributed by atoms with van der Waals surface area (Å²) in [7, 11) is 1.54. The van der Waals surface area contributed by atoms with E-state index >= 15 is 0 Å². The van der Waals surface area contributed by atoms with Gasteiger partial charge in [0.2, 0.25) is 0 Å². The average molecular weight is 275 g/mol. The fourth-order valence-corrected chi connectivity index (χ4v) is 1.99. The molecule has 20 heavy (non-hydrogen) atoms. The Morgan fingerprint density at radius 3 is 2.75 bits per heavy atom. The van der Waals surface area contributed by atoms with E-state index in [0.29, 0.717) is 17.9 Å². The molecule has 1 heterocycles. The lowest BCUT2D eigenvalue weighted by molar-refractivity contribution is 0.318. The number of hydrogen-bond acceptors (Lipinski definition) is 5. The molecule has 0 aliphatic heterocycles. The van der Waals surface area contributed by atoms with Gasteiger partial charge in [0.05, 0.1) is 19.2 Å². The van der Waals surface area contributed by atoms with Gasteiger partial charge >= 0.3 is 0 Å². The number of methoxy groups -OCH3 is 1. The number of nitrogens with two attached hydrogens (primary N) is 1. The Kier molecular flexibility index (Phi) is 3.88. The Labute approximate surface area is 116 Å². The number of oxime groups is 1. The lowest BCUT2D eigenvalue weighted by Gasteiger charge is -2.10. The Morgan fingerprint density at radius 1 is 1.45 bits per heavy atom. The standard InChI is InChI=1S/C13H17N5O2/c1-8-15-9(2)18(16-8)7-10-4-5-12(20-3)11(6-10)13(14)17-19/h4-6,19H,7H2,1-3H3,(H2,14,17). The van der Waals surface area contributed by atoms with Crippen molar-refractivity contribution < 1.29 is 9.94 Å². The van der Waals surface area contributed by atoms with Gasteiger partial charge in [-0.05, 0) is 31.5 Å². The first kappa shape index (κ1) is 13.9. The predicted octanol–water partition coefficient (Wildman–Crippen LogP) is 1.05. The van der Waals surface area contributed by atoms with Gasteiger partial charge in [0, 0.05) is 0 Å². The zero-order chi connectivity index (χ0) is 14.7. The lowest BCUT2D eigenvalue weighted by Crippen LogP contribution is -2.15. The number of nitrogens with zero attached hydrogens (tertiary/aromatic N) is 4. The highest BCUT2D eigenvalue weighted by Gasteiger charge is 2.10. The highest BCUT2D eigenvalue weighted by Crippen LogP contribution is 2.20. The maximum Gasteiger partial charge on any atom is 0.173 e. The summed E-state index contributed by atoms with van der Waals surface area (Å²) >= 11 is 0. The van der Waals surface area contributed by atoms with Crippen LogP contribution in [-0.2, 0) is 6.54 Å². The van der Waals surface area contributed by atoms with Crippen molar-refractivity contribution in [3.8, 4) is 5.75 Å². The first-order valence-electron chi connectivity index (χ1n) is 6.08. The number of benzene rings is 1. The van der Waals surface area contributed by atoms with E-state index in [1.54, 1.807) is 10.7 Å². The highest BCUT2D eigenvalue weighted by molar-refractivity contribution is 5.99. The minimum absolute atomic E-state index is 0.00944. The quantitative estimate of drug-likeness (QED) is 0.376. The maximum atomic E-state index is 8.82. The molecule has 7 heteroatoms. The van der Waals surface area contributed by atoms with Gasteiger partial charge in [0.25, 0.3) is 0 Å². The first-order chi connectivity index (χ1) is 9.55. The Bertz CT molecular complexity index is 648. The van der Waals surface area contributed by atoms with Gasteiger partial charge in [-0.25, -0.2) is 9.67 Å². The van der Waals surface area contributed by atoms with Crippen molar-refractivity contribution >= 4 is 5.84 Å². The molecule has 1 aromatic heterocycles. The molecule has 106 valence electrons. The zero-order valence-electron chi connectivity index (χ0n) is 11.7. The molecule has 2 aromatic rings. The summed E-state index contributed by atoms with van der Waals surface area (Å²) in [6.45, 7) is 4.30. The average Bonchev–Trinajstić information content (AvgIpc) is 2.76. The van der Waals surface area contributed by atoms with Crippen LogP contribution in [0.5, 0.6) is 5.75 Å². The molecule has 1 aromatic carbocycles. The second-order valence-electron chi connectivity index (χ2n) is 4.38. The molecule has 0 amide bonds. The van der Waals surface area contributed by atoms with E-state index in [4.69, 9.17) is 15.7 Å². The van der Waals surface area contributed by atoms with Gasteiger partial charge in [-0.1, -0.05) is 11.2 Å². The Balaban J connectivity index is 2.36. The summed E-state index contributed by atoms with van der Waals surface area (Å²) in [6.07, 6.45) is 0. The third kappa shape index (κ3) is 2.71. The number of aryl methyl sites for hydroxylation is 2. The van der Waals surface area contributed by atoms with Crippen LogP contribution in [0.25, 0.3) is 0 Å². The summed E-state index contributed by atoms with van der Waals surface area (Å²) in [5, 5.41) is 16.1. The van der Waals surface area contributed by atoms with Gasteiger partial charge in [-0.3, -0.25) is 0 Å². The third-order valence-electron chi connectivity index (χ3n) is 2.94. The Hall–Kier alpha value is -2.57. The normalized spacial score (nSPS) is 11.7. The van der Waals surface area contributed by atoms with Crippen LogP contribution in [0.15, 0.2) is 23.4 Å². The third-order valence-corrected chi connectivity index (χ3v) is 2.94. The zero-order valence-corrected chi connectivity index (χ0v) is 11.7. The second kappa shape index (κ2) is 5.60. The van der Waals surface area contributed by atoms with Crippen LogP contribution >= 0.6 is 0 Å². The molecule has 0 aliphatic carbocycles. The summed E-state index contributed by atoms with van der Waals surface area (Å²) in [5.41, 5.74) is 7.15. The minimum atomic E-state index is 0.00944. The number of hydrogen-bond donors (Lipinski definition) is 2. The van der Waals surface area contributed by atoms with Crippen LogP contribution < -0.4 is 10.5 Å².